The van der Waals surface area contributed by atoms with Crippen molar-refractivity contribution in [1.82, 2.24) is 5.32 Å². The van der Waals surface area contributed by atoms with Gasteiger partial charge in [-0.3, -0.25) is 0 Å². The van der Waals surface area contributed by atoms with Crippen LogP contribution in [-0.4, -0.2) is 47.5 Å². The van der Waals surface area contributed by atoms with Gasteiger partial charge in [-0.2, -0.15) is 0 Å². The molecular weight excluding hydrogens is 268 g/mol. The number of anilines is 1. The molecule has 1 aliphatic heterocycles. The van der Waals surface area contributed by atoms with Crippen LogP contribution in [0.1, 0.15) is 13.3 Å². The molecule has 118 valence electrons. The van der Waals surface area contributed by atoms with Gasteiger partial charge in [-0.25, -0.2) is 0 Å². The Bertz CT molecular complexity index is 440. The van der Waals surface area contributed by atoms with Crippen molar-refractivity contribution >= 4 is 5.69 Å². The van der Waals surface area contributed by atoms with E-state index in [1.165, 1.54) is 0 Å². The van der Waals surface area contributed by atoms with Gasteiger partial charge in [0.25, 0.3) is 0 Å². The van der Waals surface area contributed by atoms with Crippen molar-refractivity contribution in [2.24, 2.45) is 5.92 Å². The van der Waals surface area contributed by atoms with Crippen molar-refractivity contribution in [3.8, 4) is 17.2 Å². The summed E-state index contributed by atoms with van der Waals surface area (Å²) >= 11 is 0. The number of hydrogen-bond donors (Lipinski definition) is 1. The molecule has 0 spiro atoms. The van der Waals surface area contributed by atoms with Crippen LogP contribution in [0.2, 0.25) is 0 Å². The Kier molecular flexibility index (Phi) is 5.56. The smallest absolute Gasteiger partial charge is 0.203 e. The van der Waals surface area contributed by atoms with E-state index in [-0.39, 0.29) is 0 Å². The first kappa shape index (κ1) is 15.8. The van der Waals surface area contributed by atoms with E-state index in [1.54, 1.807) is 21.3 Å². The molecule has 1 aromatic carbocycles. The molecule has 0 bridgehead atoms. The minimum Gasteiger partial charge on any atom is -0.493 e. The minimum atomic E-state index is 0.601. The topological polar surface area (TPSA) is 43.0 Å². The van der Waals surface area contributed by atoms with Gasteiger partial charge >= 0.3 is 0 Å². The van der Waals surface area contributed by atoms with E-state index < -0.39 is 0 Å². The fourth-order valence-corrected chi connectivity index (χ4v) is 2.76. The molecule has 1 aromatic rings. The molecule has 1 heterocycles. The highest BCUT2D eigenvalue weighted by Crippen LogP contribution is 2.41. The highest BCUT2D eigenvalue weighted by atomic mass is 16.5. The molecular formula is C16H26N2O3. The van der Waals surface area contributed by atoms with Gasteiger partial charge in [0.2, 0.25) is 5.75 Å². The number of methoxy groups -OCH3 is 3. The summed E-state index contributed by atoms with van der Waals surface area (Å²) in [5.41, 5.74) is 1.12. The lowest BCUT2D eigenvalue weighted by molar-refractivity contribution is 0.324. The second-order valence-corrected chi connectivity index (χ2v) is 5.49. The number of nitrogens with zero attached hydrogens (tertiary/aromatic N) is 1. The van der Waals surface area contributed by atoms with Crippen LogP contribution in [0.15, 0.2) is 12.1 Å². The fraction of sp³-hybridized carbons (Fsp3) is 0.625. The van der Waals surface area contributed by atoms with Crippen LogP contribution in [0.25, 0.3) is 0 Å². The number of nitrogens with one attached hydrogen (secondary N) is 1. The lowest BCUT2D eigenvalue weighted by atomic mass is 10.1. The third kappa shape index (κ3) is 3.73. The number of ether oxygens (including phenoxy) is 3. The lowest BCUT2D eigenvalue weighted by Crippen LogP contribution is -2.38. The zero-order valence-corrected chi connectivity index (χ0v) is 13.4. The maximum Gasteiger partial charge on any atom is 0.203 e. The molecule has 0 amide bonds. The van der Waals surface area contributed by atoms with E-state index in [4.69, 9.17) is 14.2 Å². The SMILES string of the molecule is COc1cc(N2CCCNCC(C)C2)cc(OC)c1OC. The Hall–Kier alpha value is -1.62. The number of rotatable bonds is 4. The number of hydrogen-bond acceptors (Lipinski definition) is 5. The summed E-state index contributed by atoms with van der Waals surface area (Å²) in [5, 5.41) is 3.48. The van der Waals surface area contributed by atoms with Gasteiger partial charge in [0, 0.05) is 30.9 Å². The highest BCUT2D eigenvalue weighted by molar-refractivity contribution is 5.63. The van der Waals surface area contributed by atoms with E-state index in [0.29, 0.717) is 23.2 Å². The Morgan fingerprint density at radius 3 is 2.33 bits per heavy atom. The Morgan fingerprint density at radius 1 is 1.10 bits per heavy atom. The molecule has 0 saturated carbocycles. The zero-order chi connectivity index (χ0) is 15.2. The maximum absolute atomic E-state index is 5.45. The van der Waals surface area contributed by atoms with Gasteiger partial charge in [-0.05, 0) is 25.4 Å². The van der Waals surface area contributed by atoms with Crippen molar-refractivity contribution < 1.29 is 14.2 Å². The molecule has 0 aromatic heterocycles. The van der Waals surface area contributed by atoms with Gasteiger partial charge in [0.1, 0.15) is 0 Å². The van der Waals surface area contributed by atoms with E-state index >= 15 is 0 Å². The molecule has 2 rings (SSSR count). The predicted octanol–water partition coefficient (Wildman–Crippen LogP) is 2.15. The summed E-state index contributed by atoms with van der Waals surface area (Å²) in [4.78, 5) is 2.40. The summed E-state index contributed by atoms with van der Waals surface area (Å²) in [6.07, 6.45) is 1.13. The van der Waals surface area contributed by atoms with Crippen molar-refractivity contribution in [2.45, 2.75) is 13.3 Å². The van der Waals surface area contributed by atoms with Crippen LogP contribution in [0.3, 0.4) is 0 Å². The van der Waals surface area contributed by atoms with Crippen LogP contribution in [-0.2, 0) is 0 Å². The van der Waals surface area contributed by atoms with Gasteiger partial charge in [0.05, 0.1) is 21.3 Å². The van der Waals surface area contributed by atoms with Crippen molar-refractivity contribution in [2.75, 3.05) is 52.4 Å². The van der Waals surface area contributed by atoms with Gasteiger partial charge in [-0.1, -0.05) is 6.92 Å². The van der Waals surface area contributed by atoms with Gasteiger partial charge in [0.15, 0.2) is 11.5 Å². The second-order valence-electron chi connectivity index (χ2n) is 5.49. The molecule has 21 heavy (non-hydrogen) atoms. The van der Waals surface area contributed by atoms with Crippen LogP contribution < -0.4 is 24.4 Å². The van der Waals surface area contributed by atoms with Crippen molar-refractivity contribution in [3.05, 3.63) is 12.1 Å². The van der Waals surface area contributed by atoms with E-state index in [9.17, 15) is 0 Å². The monoisotopic (exact) mass is 294 g/mol. The third-order valence-corrected chi connectivity index (χ3v) is 3.82. The van der Waals surface area contributed by atoms with Gasteiger partial charge in [-0.15, -0.1) is 0 Å². The molecule has 0 aliphatic carbocycles. The Balaban J connectivity index is 2.32. The van der Waals surface area contributed by atoms with E-state index in [2.05, 4.69) is 17.1 Å². The van der Waals surface area contributed by atoms with Crippen molar-refractivity contribution in [3.63, 3.8) is 0 Å². The third-order valence-electron chi connectivity index (χ3n) is 3.82. The summed E-state index contributed by atoms with van der Waals surface area (Å²) in [7, 11) is 4.94. The van der Waals surface area contributed by atoms with Crippen LogP contribution >= 0.6 is 0 Å². The summed E-state index contributed by atoms with van der Waals surface area (Å²) in [6.45, 7) is 6.43. The Morgan fingerprint density at radius 2 is 1.76 bits per heavy atom. The fourth-order valence-electron chi connectivity index (χ4n) is 2.76. The average Bonchev–Trinajstić information content (AvgIpc) is 2.49. The molecule has 1 aliphatic rings. The summed E-state index contributed by atoms with van der Waals surface area (Å²) in [6, 6.07) is 4.06. The van der Waals surface area contributed by atoms with Crippen LogP contribution in [0, 0.1) is 5.92 Å². The minimum absolute atomic E-state index is 0.601. The Labute approximate surface area is 127 Å². The predicted molar refractivity (Wildman–Crippen MR) is 85.0 cm³/mol. The molecule has 1 unspecified atom stereocenters. The zero-order valence-electron chi connectivity index (χ0n) is 13.4. The average molecular weight is 294 g/mol. The van der Waals surface area contributed by atoms with Crippen LogP contribution in [0.4, 0.5) is 5.69 Å². The first-order valence-corrected chi connectivity index (χ1v) is 7.45. The molecule has 1 N–H and O–H groups in total. The standard InChI is InChI=1S/C16H26N2O3/c1-12-10-17-6-5-7-18(11-12)13-8-14(19-2)16(21-4)15(9-13)20-3/h8-9,12,17H,5-7,10-11H2,1-4H3. The molecule has 0 radical (unpaired) electrons. The largest absolute Gasteiger partial charge is 0.493 e. The molecule has 1 fully saturated rings. The first-order chi connectivity index (χ1) is 10.2. The van der Waals surface area contributed by atoms with Crippen LogP contribution in [0.5, 0.6) is 17.2 Å². The maximum atomic E-state index is 5.45. The second kappa shape index (κ2) is 7.41. The molecule has 5 heteroatoms. The molecule has 1 atom stereocenters. The quantitative estimate of drug-likeness (QED) is 0.921. The molecule has 5 nitrogen and oxygen atoms in total. The summed E-state index contributed by atoms with van der Waals surface area (Å²) < 4.78 is 16.3. The molecule has 1 saturated heterocycles. The normalized spacial score (nSPS) is 19.6. The van der Waals surface area contributed by atoms with Crippen molar-refractivity contribution in [1.29, 1.82) is 0 Å². The van der Waals surface area contributed by atoms with Gasteiger partial charge < -0.3 is 24.4 Å². The number of benzene rings is 1. The first-order valence-electron chi connectivity index (χ1n) is 7.45. The summed E-state index contributed by atoms with van der Waals surface area (Å²) in [5.74, 6) is 2.66. The lowest BCUT2D eigenvalue weighted by Gasteiger charge is -2.31. The highest BCUT2D eigenvalue weighted by Gasteiger charge is 2.19. The van der Waals surface area contributed by atoms with E-state index in [1.807, 2.05) is 12.1 Å². The van der Waals surface area contributed by atoms with E-state index in [0.717, 1.165) is 38.3 Å².